The predicted molar refractivity (Wildman–Crippen MR) is 86.0 cm³/mol. The van der Waals surface area contributed by atoms with Crippen LogP contribution >= 0.6 is 0 Å². The van der Waals surface area contributed by atoms with Gasteiger partial charge in [0.1, 0.15) is 11.5 Å². The molecule has 3 rings (SSSR count). The fourth-order valence-corrected chi connectivity index (χ4v) is 2.33. The van der Waals surface area contributed by atoms with Gasteiger partial charge in [0.25, 0.3) is 0 Å². The summed E-state index contributed by atoms with van der Waals surface area (Å²) in [4.78, 5) is 8.22. The fraction of sp³-hybridized carbons (Fsp3) is 0.111. The molecule has 0 saturated carbocycles. The average molecular weight is 310 g/mol. The Bertz CT molecular complexity index is 823. The van der Waals surface area contributed by atoms with E-state index in [4.69, 9.17) is 9.47 Å². The van der Waals surface area contributed by atoms with E-state index in [1.54, 1.807) is 57.1 Å². The molecular weight excluding hydrogens is 295 g/mol. The van der Waals surface area contributed by atoms with Crippen molar-refractivity contribution in [3.05, 3.63) is 60.8 Å². The Balaban J connectivity index is 2.01. The standard InChI is InChI=1S/C18H15FN2O2/c1-22-16-6-5-12(9-17(16)23-2)14-8-15(19)18(21-11-14)13-4-3-7-20-10-13/h3-11H,1-2H3. The molecular formula is C18H15FN2O2. The largest absolute Gasteiger partial charge is 0.493 e. The van der Waals surface area contributed by atoms with Crippen molar-refractivity contribution >= 4 is 0 Å². The highest BCUT2D eigenvalue weighted by Crippen LogP contribution is 2.33. The highest BCUT2D eigenvalue weighted by molar-refractivity contribution is 5.69. The molecule has 0 spiro atoms. The summed E-state index contributed by atoms with van der Waals surface area (Å²) in [5.41, 5.74) is 2.38. The van der Waals surface area contributed by atoms with Gasteiger partial charge in [-0.3, -0.25) is 9.97 Å². The Morgan fingerprint density at radius 3 is 2.35 bits per heavy atom. The molecule has 2 aromatic heterocycles. The number of hydrogen-bond acceptors (Lipinski definition) is 4. The van der Waals surface area contributed by atoms with E-state index in [1.165, 1.54) is 6.07 Å². The third kappa shape index (κ3) is 2.99. The van der Waals surface area contributed by atoms with Gasteiger partial charge in [-0.05, 0) is 35.9 Å². The molecule has 0 fully saturated rings. The molecule has 0 radical (unpaired) electrons. The monoisotopic (exact) mass is 310 g/mol. The smallest absolute Gasteiger partial charge is 0.161 e. The van der Waals surface area contributed by atoms with Gasteiger partial charge in [0.15, 0.2) is 11.5 Å². The highest BCUT2D eigenvalue weighted by atomic mass is 19.1. The molecule has 0 bridgehead atoms. The van der Waals surface area contributed by atoms with Crippen LogP contribution in [0.25, 0.3) is 22.4 Å². The average Bonchev–Trinajstić information content (AvgIpc) is 2.61. The van der Waals surface area contributed by atoms with Crippen molar-refractivity contribution in [2.45, 2.75) is 0 Å². The van der Waals surface area contributed by atoms with Gasteiger partial charge in [0.2, 0.25) is 0 Å². The predicted octanol–water partition coefficient (Wildman–Crippen LogP) is 3.97. The summed E-state index contributed by atoms with van der Waals surface area (Å²) >= 11 is 0. The summed E-state index contributed by atoms with van der Waals surface area (Å²) in [5.74, 6) is 0.809. The van der Waals surface area contributed by atoms with E-state index in [0.717, 1.165) is 5.56 Å². The lowest BCUT2D eigenvalue weighted by Crippen LogP contribution is -1.93. The minimum Gasteiger partial charge on any atom is -0.493 e. The van der Waals surface area contributed by atoms with Crippen LogP contribution in [0.15, 0.2) is 55.0 Å². The Morgan fingerprint density at radius 1 is 0.870 bits per heavy atom. The van der Waals surface area contributed by atoms with Crippen LogP contribution in [0.1, 0.15) is 0 Å². The summed E-state index contributed by atoms with van der Waals surface area (Å²) < 4.78 is 24.9. The number of hydrogen-bond donors (Lipinski definition) is 0. The van der Waals surface area contributed by atoms with Crippen molar-refractivity contribution in [1.82, 2.24) is 9.97 Å². The van der Waals surface area contributed by atoms with Crippen molar-refractivity contribution in [2.75, 3.05) is 14.2 Å². The van der Waals surface area contributed by atoms with Crippen LogP contribution in [0.5, 0.6) is 11.5 Å². The van der Waals surface area contributed by atoms with E-state index in [2.05, 4.69) is 9.97 Å². The number of halogens is 1. The molecule has 23 heavy (non-hydrogen) atoms. The lowest BCUT2D eigenvalue weighted by Gasteiger charge is -2.10. The van der Waals surface area contributed by atoms with Crippen LogP contribution in [0.4, 0.5) is 4.39 Å². The number of nitrogens with zero attached hydrogens (tertiary/aromatic N) is 2. The number of benzene rings is 1. The summed E-state index contributed by atoms with van der Waals surface area (Å²) in [5, 5.41) is 0. The molecule has 0 aliphatic heterocycles. The minimum atomic E-state index is -0.398. The first-order valence-electron chi connectivity index (χ1n) is 7.01. The van der Waals surface area contributed by atoms with Gasteiger partial charge in [0.05, 0.1) is 14.2 Å². The van der Waals surface area contributed by atoms with E-state index < -0.39 is 5.82 Å². The van der Waals surface area contributed by atoms with Crippen LogP contribution in [-0.2, 0) is 0 Å². The van der Waals surface area contributed by atoms with Crippen LogP contribution in [-0.4, -0.2) is 24.2 Å². The summed E-state index contributed by atoms with van der Waals surface area (Å²) in [6.07, 6.45) is 4.85. The van der Waals surface area contributed by atoms with Crippen LogP contribution < -0.4 is 9.47 Å². The lowest BCUT2D eigenvalue weighted by molar-refractivity contribution is 0.355. The van der Waals surface area contributed by atoms with Gasteiger partial charge >= 0.3 is 0 Å². The molecule has 1 aromatic carbocycles. The van der Waals surface area contributed by atoms with Gasteiger partial charge in [0, 0.05) is 29.7 Å². The number of pyridine rings is 2. The van der Waals surface area contributed by atoms with Crippen LogP contribution in [0.2, 0.25) is 0 Å². The second kappa shape index (κ2) is 6.44. The Labute approximate surface area is 133 Å². The molecule has 0 saturated heterocycles. The highest BCUT2D eigenvalue weighted by Gasteiger charge is 2.11. The van der Waals surface area contributed by atoms with Gasteiger partial charge < -0.3 is 9.47 Å². The first-order chi connectivity index (χ1) is 11.2. The maximum atomic E-state index is 14.4. The minimum absolute atomic E-state index is 0.280. The molecule has 0 atom stereocenters. The van der Waals surface area contributed by atoms with Gasteiger partial charge in [-0.15, -0.1) is 0 Å². The van der Waals surface area contributed by atoms with Crippen molar-refractivity contribution in [3.8, 4) is 33.9 Å². The second-order valence-electron chi connectivity index (χ2n) is 4.87. The zero-order valence-electron chi connectivity index (χ0n) is 12.8. The van der Waals surface area contributed by atoms with E-state index >= 15 is 0 Å². The Morgan fingerprint density at radius 2 is 1.70 bits per heavy atom. The zero-order valence-corrected chi connectivity index (χ0v) is 12.8. The Hall–Kier alpha value is -2.95. The van der Waals surface area contributed by atoms with Crippen LogP contribution in [0.3, 0.4) is 0 Å². The first-order valence-corrected chi connectivity index (χ1v) is 7.01. The molecule has 0 amide bonds. The third-order valence-corrected chi connectivity index (χ3v) is 3.49. The molecule has 116 valence electrons. The summed E-state index contributed by atoms with van der Waals surface area (Å²) in [6, 6.07) is 10.4. The SMILES string of the molecule is COc1ccc(-c2cnc(-c3cccnc3)c(F)c2)cc1OC. The van der Waals surface area contributed by atoms with Crippen molar-refractivity contribution < 1.29 is 13.9 Å². The van der Waals surface area contributed by atoms with E-state index in [-0.39, 0.29) is 5.69 Å². The van der Waals surface area contributed by atoms with Crippen LogP contribution in [0, 0.1) is 5.82 Å². The molecule has 4 nitrogen and oxygen atoms in total. The van der Waals surface area contributed by atoms with E-state index in [1.807, 2.05) is 6.07 Å². The first kappa shape index (κ1) is 15.0. The molecule has 0 N–H and O–H groups in total. The van der Waals surface area contributed by atoms with Gasteiger partial charge in [-0.2, -0.15) is 0 Å². The maximum absolute atomic E-state index is 14.4. The quantitative estimate of drug-likeness (QED) is 0.731. The number of aromatic nitrogens is 2. The number of ether oxygens (including phenoxy) is 2. The second-order valence-corrected chi connectivity index (χ2v) is 4.87. The molecule has 3 aromatic rings. The topological polar surface area (TPSA) is 44.2 Å². The summed E-state index contributed by atoms with van der Waals surface area (Å²) in [6.45, 7) is 0. The number of rotatable bonds is 4. The molecule has 2 heterocycles. The van der Waals surface area contributed by atoms with E-state index in [0.29, 0.717) is 22.6 Å². The van der Waals surface area contributed by atoms with Crippen molar-refractivity contribution in [2.24, 2.45) is 0 Å². The third-order valence-electron chi connectivity index (χ3n) is 3.49. The van der Waals surface area contributed by atoms with Gasteiger partial charge in [-0.25, -0.2) is 4.39 Å². The van der Waals surface area contributed by atoms with E-state index in [9.17, 15) is 4.39 Å². The summed E-state index contributed by atoms with van der Waals surface area (Å²) in [7, 11) is 3.13. The maximum Gasteiger partial charge on any atom is 0.161 e. The normalized spacial score (nSPS) is 10.4. The molecule has 0 aliphatic carbocycles. The lowest BCUT2D eigenvalue weighted by atomic mass is 10.1. The fourth-order valence-electron chi connectivity index (χ4n) is 2.33. The van der Waals surface area contributed by atoms with Gasteiger partial charge in [-0.1, -0.05) is 6.07 Å². The molecule has 0 unspecified atom stereocenters. The van der Waals surface area contributed by atoms with Crippen molar-refractivity contribution in [3.63, 3.8) is 0 Å². The molecule has 0 aliphatic rings. The van der Waals surface area contributed by atoms with Crippen molar-refractivity contribution in [1.29, 1.82) is 0 Å². The molecule has 5 heteroatoms. The number of methoxy groups -OCH3 is 2. The zero-order chi connectivity index (χ0) is 16.2. The Kier molecular flexibility index (Phi) is 4.19.